The fourth-order valence-corrected chi connectivity index (χ4v) is 10.8. The summed E-state index contributed by atoms with van der Waals surface area (Å²) in [4.78, 5) is 58.4. The summed E-state index contributed by atoms with van der Waals surface area (Å²) in [6.07, 6.45) is 3.83. The summed E-state index contributed by atoms with van der Waals surface area (Å²) >= 11 is 0. The average molecular weight is 904 g/mol. The molecule has 65 heavy (non-hydrogen) atoms. The fourth-order valence-electron chi connectivity index (χ4n) is 10.8. The first kappa shape index (κ1) is 50.4. The van der Waals surface area contributed by atoms with Gasteiger partial charge in [-0.05, 0) is 112 Å². The van der Waals surface area contributed by atoms with Crippen molar-refractivity contribution in [2.75, 3.05) is 27.9 Å². The lowest BCUT2D eigenvalue weighted by atomic mass is 9.80. The van der Waals surface area contributed by atoms with E-state index in [1.807, 2.05) is 64.1 Å². The summed E-state index contributed by atoms with van der Waals surface area (Å²) in [7, 11) is 4.74. The number of aliphatic hydroxyl groups excluding tert-OH is 1. The maximum atomic E-state index is 14.5. The second-order valence-electron chi connectivity index (χ2n) is 19.3. The van der Waals surface area contributed by atoms with Gasteiger partial charge in [0.15, 0.2) is 0 Å². The van der Waals surface area contributed by atoms with Gasteiger partial charge in [-0.3, -0.25) is 14.4 Å². The minimum absolute atomic E-state index is 0.0185. The highest BCUT2D eigenvalue weighted by molar-refractivity contribution is 6.39. The molecule has 0 unspecified atom stereocenters. The van der Waals surface area contributed by atoms with Crippen LogP contribution in [0.2, 0.25) is 0 Å². The molecule has 3 heterocycles. The van der Waals surface area contributed by atoms with Crippen molar-refractivity contribution < 1.29 is 57.8 Å². The van der Waals surface area contributed by atoms with Crippen LogP contribution in [-0.4, -0.2) is 121 Å². The highest BCUT2D eigenvalue weighted by Gasteiger charge is 2.57. The van der Waals surface area contributed by atoms with Crippen molar-refractivity contribution in [2.24, 2.45) is 29.6 Å². The number of amides is 1. The zero-order valence-electron chi connectivity index (χ0n) is 39.9. The number of Topliss-reactive ketones (excluding diaryl/α,β-unsaturated/α-hetero) is 2. The second-order valence-corrected chi connectivity index (χ2v) is 19.3. The number of nitrogens with zero attached hydrogens (tertiary/aromatic N) is 1. The Labute approximate surface area is 385 Å². The van der Waals surface area contributed by atoms with E-state index in [2.05, 4.69) is 18.2 Å². The predicted molar refractivity (Wildman–Crippen MR) is 246 cm³/mol. The Kier molecular flexibility index (Phi) is 17.2. The number of ketones is 2. The van der Waals surface area contributed by atoms with Crippen molar-refractivity contribution in [3.05, 3.63) is 65.8 Å². The molecule has 14 atom stereocenters. The molecular formula is C52H73NO12. The summed E-state index contributed by atoms with van der Waals surface area (Å²) in [5.74, 6) is -7.06. The Morgan fingerprint density at radius 1 is 0.892 bits per heavy atom. The quantitative estimate of drug-likeness (QED) is 0.154. The van der Waals surface area contributed by atoms with E-state index >= 15 is 0 Å². The van der Waals surface area contributed by atoms with E-state index < -0.39 is 77.8 Å². The Hall–Kier alpha value is -3.98. The molecule has 358 valence electrons. The number of carbonyl (C=O) groups is 4. The van der Waals surface area contributed by atoms with Crippen molar-refractivity contribution in [3.63, 3.8) is 0 Å². The standard InChI is InChI=1S/C52H73NO12/c1-10-36-24-30(2)23-31(3)47(62-9)48-45(61-8)26-33(5)52(59,65-48)49(56)50(57)53-22-14-13-17-40(53)51(58)64-46(34(6)41(54)29-42(36)55)32(4)25-35-18-21-43(44(27-35)60-7)63-39-20-19-37-15-11-12-16-38(37)28-39/h11-12,15-16,19-20,24-25,28,31,33-36,40-41,43-48,54,59H,10,13-14,17-18,21-23,26-27,29H2,1-9H3/b30-24+,32-25+/t31-,33+,34+,35-,36+,40-,41-,43+,44+,45-,46+,47-,48-,52+/m0/s1. The summed E-state index contributed by atoms with van der Waals surface area (Å²) in [6, 6.07) is 13.1. The summed E-state index contributed by atoms with van der Waals surface area (Å²) < 4.78 is 37.0. The zero-order valence-corrected chi connectivity index (χ0v) is 39.9. The van der Waals surface area contributed by atoms with Gasteiger partial charge in [0.05, 0.1) is 24.4 Å². The fraction of sp³-hybridized carbons (Fsp3) is 0.654. The molecule has 2 saturated heterocycles. The van der Waals surface area contributed by atoms with Gasteiger partial charge < -0.3 is 43.5 Å². The number of piperidine rings is 1. The van der Waals surface area contributed by atoms with E-state index in [1.165, 1.54) is 19.1 Å². The van der Waals surface area contributed by atoms with E-state index in [-0.39, 0.29) is 55.6 Å². The number of benzene rings is 2. The number of ether oxygens (including phenoxy) is 6. The number of hydrogen-bond acceptors (Lipinski definition) is 12. The SMILES string of the molecule is CC[C@@H]1/C=C(\C)C[C@H](C)[C@H](OC)[C@H]2O[C@@](O)(C(=O)C(=O)N3CCCC[C@H]3C(=O)O[C@H](/C(C)=C/[C@@H]3CC[C@@H](Oc4ccc5ccccc5c4)[C@H](OC)C3)[C@H](C)[C@@H](O)CC1=O)[C@H](C)C[C@@H]2OC. The van der Waals surface area contributed by atoms with E-state index in [4.69, 9.17) is 28.4 Å². The monoisotopic (exact) mass is 904 g/mol. The van der Waals surface area contributed by atoms with Crippen LogP contribution in [0.1, 0.15) is 106 Å². The molecule has 6 rings (SSSR count). The Morgan fingerprint density at radius 3 is 2.31 bits per heavy atom. The molecule has 1 aliphatic carbocycles. The largest absolute Gasteiger partial charge is 0.488 e. The topological polar surface area (TPSA) is 167 Å². The Balaban J connectivity index is 1.31. The van der Waals surface area contributed by atoms with Crippen LogP contribution in [0.15, 0.2) is 65.8 Å². The predicted octanol–water partition coefficient (Wildman–Crippen LogP) is 7.32. The normalized spacial score (nSPS) is 37.2. The number of cyclic esters (lactones) is 1. The lowest BCUT2D eigenvalue weighted by Gasteiger charge is -2.47. The van der Waals surface area contributed by atoms with Gasteiger partial charge in [-0.15, -0.1) is 0 Å². The third-order valence-corrected chi connectivity index (χ3v) is 14.7. The van der Waals surface area contributed by atoms with E-state index in [0.717, 1.165) is 28.5 Å². The Morgan fingerprint density at radius 2 is 1.62 bits per heavy atom. The lowest BCUT2D eigenvalue weighted by Crippen LogP contribution is -2.65. The molecule has 2 bridgehead atoms. The van der Waals surface area contributed by atoms with E-state index in [1.54, 1.807) is 21.0 Å². The van der Waals surface area contributed by atoms with Crippen molar-refractivity contribution in [3.8, 4) is 5.75 Å². The number of allylic oxidation sites excluding steroid dienone is 3. The van der Waals surface area contributed by atoms with Gasteiger partial charge in [-0.1, -0.05) is 75.8 Å². The smallest absolute Gasteiger partial charge is 0.329 e. The van der Waals surface area contributed by atoms with Crippen LogP contribution in [-0.2, 0) is 42.9 Å². The molecule has 13 heteroatoms. The van der Waals surface area contributed by atoms with Crippen LogP contribution in [0.4, 0.5) is 0 Å². The second kappa shape index (κ2) is 22.2. The number of rotatable bonds is 8. The molecule has 0 radical (unpaired) electrons. The van der Waals surface area contributed by atoms with Crippen LogP contribution in [0.25, 0.3) is 10.8 Å². The van der Waals surface area contributed by atoms with Crippen LogP contribution in [0.3, 0.4) is 0 Å². The average Bonchev–Trinajstić information content (AvgIpc) is 3.30. The van der Waals surface area contributed by atoms with Crippen molar-refractivity contribution >= 4 is 34.2 Å². The molecule has 3 aliphatic heterocycles. The van der Waals surface area contributed by atoms with Gasteiger partial charge in [-0.2, -0.15) is 0 Å². The first-order valence-corrected chi connectivity index (χ1v) is 23.8. The molecule has 3 fully saturated rings. The Bertz CT molecular complexity index is 2050. The van der Waals surface area contributed by atoms with Gasteiger partial charge in [0.1, 0.15) is 35.9 Å². The molecule has 2 aromatic carbocycles. The molecular weight excluding hydrogens is 831 g/mol. The van der Waals surface area contributed by atoms with E-state index in [0.29, 0.717) is 44.1 Å². The number of fused-ring (bicyclic) bond motifs is 4. The molecule has 1 amide bonds. The van der Waals surface area contributed by atoms with Crippen molar-refractivity contribution in [1.29, 1.82) is 0 Å². The summed E-state index contributed by atoms with van der Waals surface area (Å²) in [5.41, 5.74) is 1.62. The molecule has 0 aromatic heterocycles. The molecule has 4 aliphatic rings. The minimum Gasteiger partial charge on any atom is -0.488 e. The van der Waals surface area contributed by atoms with Gasteiger partial charge in [-0.25, -0.2) is 4.79 Å². The highest BCUT2D eigenvalue weighted by Crippen LogP contribution is 2.40. The minimum atomic E-state index is -2.52. The molecule has 13 nitrogen and oxygen atoms in total. The van der Waals surface area contributed by atoms with Gasteiger partial charge >= 0.3 is 5.97 Å². The number of hydrogen-bond donors (Lipinski definition) is 2. The van der Waals surface area contributed by atoms with Crippen molar-refractivity contribution in [2.45, 2.75) is 160 Å². The van der Waals surface area contributed by atoms with Gasteiger partial charge in [0.2, 0.25) is 5.79 Å². The number of esters is 1. The molecule has 0 spiro atoms. The molecule has 2 aromatic rings. The number of carbonyl (C=O) groups excluding carboxylic acids is 4. The molecule has 1 saturated carbocycles. The first-order chi connectivity index (χ1) is 31.0. The van der Waals surface area contributed by atoms with Gasteiger partial charge in [0, 0.05) is 52.0 Å². The molecule has 2 N–H and O–H groups in total. The number of methoxy groups -OCH3 is 3. The summed E-state index contributed by atoms with van der Waals surface area (Å²) in [5, 5.41) is 26.2. The van der Waals surface area contributed by atoms with Crippen LogP contribution in [0, 0.1) is 29.6 Å². The van der Waals surface area contributed by atoms with Crippen LogP contribution >= 0.6 is 0 Å². The maximum absolute atomic E-state index is 14.5. The van der Waals surface area contributed by atoms with Crippen LogP contribution in [0.5, 0.6) is 5.75 Å². The number of aliphatic hydroxyl groups is 2. The van der Waals surface area contributed by atoms with Crippen LogP contribution < -0.4 is 4.74 Å². The summed E-state index contributed by atoms with van der Waals surface area (Å²) in [6.45, 7) is 11.2. The zero-order chi connectivity index (χ0) is 47.2. The lowest BCUT2D eigenvalue weighted by molar-refractivity contribution is -0.305. The van der Waals surface area contributed by atoms with E-state index in [9.17, 15) is 29.4 Å². The third kappa shape index (κ3) is 11.4. The maximum Gasteiger partial charge on any atom is 0.329 e. The van der Waals surface area contributed by atoms with Crippen molar-refractivity contribution in [1.82, 2.24) is 4.90 Å². The highest BCUT2D eigenvalue weighted by atomic mass is 16.7. The van der Waals surface area contributed by atoms with Gasteiger partial charge in [0.25, 0.3) is 11.7 Å². The third-order valence-electron chi connectivity index (χ3n) is 14.7. The first-order valence-electron chi connectivity index (χ1n) is 23.8.